The first-order valence-corrected chi connectivity index (χ1v) is 5.46. The summed E-state index contributed by atoms with van der Waals surface area (Å²) in [5, 5.41) is 0. The lowest BCUT2D eigenvalue weighted by molar-refractivity contribution is 0.834. The maximum Gasteiger partial charge on any atom is 0.186 e. The van der Waals surface area contributed by atoms with Crippen molar-refractivity contribution in [2.45, 2.75) is 19.9 Å². The Labute approximate surface area is 90.0 Å². The number of thiophene rings is 1. The highest BCUT2D eigenvalue weighted by Gasteiger charge is 2.09. The van der Waals surface area contributed by atoms with Gasteiger partial charge in [-0.05, 0) is 41.4 Å². The molecule has 13 heavy (non-hydrogen) atoms. The second-order valence-electron chi connectivity index (χ2n) is 2.84. The van der Waals surface area contributed by atoms with Gasteiger partial charge in [-0.25, -0.2) is 4.99 Å². The maximum absolute atomic E-state index is 5.30. The standard InChI is InChI=1S/C8H12BrN3S/c1-4-3-6(13-7(4)9)5(2)12-8(10)11/h3,5H,1-2H3,(H4,10,11,12). The van der Waals surface area contributed by atoms with Crippen molar-refractivity contribution in [3.8, 4) is 0 Å². The summed E-state index contributed by atoms with van der Waals surface area (Å²) in [5.74, 6) is 0.134. The summed E-state index contributed by atoms with van der Waals surface area (Å²) in [6, 6.07) is 2.13. The second-order valence-corrected chi connectivity index (χ2v) is 5.24. The van der Waals surface area contributed by atoms with Gasteiger partial charge in [0.05, 0.1) is 9.83 Å². The zero-order valence-electron chi connectivity index (χ0n) is 7.54. The molecule has 3 nitrogen and oxygen atoms in total. The molecule has 0 fully saturated rings. The van der Waals surface area contributed by atoms with E-state index in [1.165, 1.54) is 5.56 Å². The third-order valence-electron chi connectivity index (χ3n) is 1.63. The van der Waals surface area contributed by atoms with Crippen LogP contribution in [-0.2, 0) is 0 Å². The van der Waals surface area contributed by atoms with Gasteiger partial charge in [-0.2, -0.15) is 0 Å². The second kappa shape index (κ2) is 4.11. The molecule has 1 aromatic heterocycles. The van der Waals surface area contributed by atoms with E-state index in [-0.39, 0.29) is 12.0 Å². The Morgan fingerprint density at radius 3 is 2.62 bits per heavy atom. The third-order valence-corrected chi connectivity index (χ3v) is 3.94. The summed E-state index contributed by atoms with van der Waals surface area (Å²) in [5.41, 5.74) is 11.8. The molecule has 0 amide bonds. The number of aliphatic imine (C=N–C) groups is 1. The molecule has 4 N–H and O–H groups in total. The van der Waals surface area contributed by atoms with E-state index < -0.39 is 0 Å². The molecular formula is C8H12BrN3S. The molecular weight excluding hydrogens is 250 g/mol. The van der Waals surface area contributed by atoms with Crippen LogP contribution in [0.2, 0.25) is 0 Å². The van der Waals surface area contributed by atoms with E-state index in [0.29, 0.717) is 0 Å². The lowest BCUT2D eigenvalue weighted by atomic mass is 10.2. The molecule has 0 bridgehead atoms. The number of nitrogens with two attached hydrogens (primary N) is 2. The average Bonchev–Trinajstić information content (AvgIpc) is 2.31. The predicted octanol–water partition coefficient (Wildman–Crippen LogP) is 2.15. The normalized spacial score (nSPS) is 12.5. The van der Waals surface area contributed by atoms with E-state index in [0.717, 1.165) is 8.66 Å². The van der Waals surface area contributed by atoms with E-state index in [1.807, 2.05) is 13.8 Å². The van der Waals surface area contributed by atoms with Crippen molar-refractivity contribution >= 4 is 33.2 Å². The zero-order chi connectivity index (χ0) is 10.0. The lowest BCUT2D eigenvalue weighted by Crippen LogP contribution is -2.23. The topological polar surface area (TPSA) is 64.4 Å². The van der Waals surface area contributed by atoms with Crippen LogP contribution < -0.4 is 11.5 Å². The number of aryl methyl sites for hydroxylation is 1. The van der Waals surface area contributed by atoms with Gasteiger partial charge in [-0.1, -0.05) is 0 Å². The molecule has 72 valence electrons. The van der Waals surface area contributed by atoms with Crippen LogP contribution in [0.15, 0.2) is 14.8 Å². The first-order chi connectivity index (χ1) is 6.00. The first-order valence-electron chi connectivity index (χ1n) is 3.85. The van der Waals surface area contributed by atoms with Crippen molar-refractivity contribution in [3.63, 3.8) is 0 Å². The molecule has 0 saturated heterocycles. The third kappa shape index (κ3) is 2.70. The number of rotatable bonds is 2. The SMILES string of the molecule is Cc1cc(C(C)N=C(N)N)sc1Br. The molecule has 0 aliphatic rings. The van der Waals surface area contributed by atoms with Gasteiger partial charge in [0.15, 0.2) is 5.96 Å². The Hall–Kier alpha value is -0.550. The minimum Gasteiger partial charge on any atom is -0.370 e. The van der Waals surface area contributed by atoms with Crippen LogP contribution in [0, 0.1) is 6.92 Å². The van der Waals surface area contributed by atoms with E-state index >= 15 is 0 Å². The van der Waals surface area contributed by atoms with Gasteiger partial charge in [0, 0.05) is 4.88 Å². The van der Waals surface area contributed by atoms with Crippen molar-refractivity contribution in [2.75, 3.05) is 0 Å². The molecule has 1 heterocycles. The van der Waals surface area contributed by atoms with Gasteiger partial charge in [0.2, 0.25) is 0 Å². The molecule has 1 aromatic rings. The van der Waals surface area contributed by atoms with E-state index in [2.05, 4.69) is 27.0 Å². The fourth-order valence-corrected chi connectivity index (χ4v) is 2.54. The maximum atomic E-state index is 5.30. The van der Waals surface area contributed by atoms with E-state index in [9.17, 15) is 0 Å². The summed E-state index contributed by atoms with van der Waals surface area (Å²) < 4.78 is 1.14. The minimum absolute atomic E-state index is 0.0417. The summed E-state index contributed by atoms with van der Waals surface area (Å²) in [6.45, 7) is 4.02. The highest BCUT2D eigenvalue weighted by molar-refractivity contribution is 9.11. The highest BCUT2D eigenvalue weighted by atomic mass is 79.9. The van der Waals surface area contributed by atoms with Crippen molar-refractivity contribution in [1.29, 1.82) is 0 Å². The van der Waals surface area contributed by atoms with Gasteiger partial charge in [-0.3, -0.25) is 0 Å². The molecule has 0 radical (unpaired) electrons. The van der Waals surface area contributed by atoms with Crippen molar-refractivity contribution in [2.24, 2.45) is 16.5 Å². The Morgan fingerprint density at radius 1 is 1.62 bits per heavy atom. The summed E-state index contributed by atoms with van der Waals surface area (Å²) in [6.07, 6.45) is 0. The molecule has 0 aliphatic heterocycles. The van der Waals surface area contributed by atoms with Crippen LogP contribution in [0.5, 0.6) is 0 Å². The number of guanidine groups is 1. The molecule has 0 saturated carbocycles. The van der Waals surface area contributed by atoms with Gasteiger partial charge in [0.25, 0.3) is 0 Å². The quantitative estimate of drug-likeness (QED) is 0.633. The van der Waals surface area contributed by atoms with Gasteiger partial charge >= 0.3 is 0 Å². The molecule has 1 atom stereocenters. The summed E-state index contributed by atoms with van der Waals surface area (Å²) in [4.78, 5) is 5.23. The summed E-state index contributed by atoms with van der Waals surface area (Å²) in [7, 11) is 0. The Morgan fingerprint density at radius 2 is 2.23 bits per heavy atom. The Kier molecular flexibility index (Phi) is 3.33. The van der Waals surface area contributed by atoms with Crippen LogP contribution in [0.4, 0.5) is 0 Å². The summed E-state index contributed by atoms with van der Waals surface area (Å²) >= 11 is 5.12. The molecule has 0 aliphatic carbocycles. The molecule has 0 spiro atoms. The molecule has 5 heteroatoms. The average molecular weight is 262 g/mol. The van der Waals surface area contributed by atoms with Gasteiger partial charge in [0.1, 0.15) is 0 Å². The van der Waals surface area contributed by atoms with E-state index in [4.69, 9.17) is 11.5 Å². The largest absolute Gasteiger partial charge is 0.370 e. The van der Waals surface area contributed by atoms with Crippen LogP contribution in [0.3, 0.4) is 0 Å². The number of nitrogens with zero attached hydrogens (tertiary/aromatic N) is 1. The van der Waals surface area contributed by atoms with Crippen molar-refractivity contribution < 1.29 is 0 Å². The van der Waals surface area contributed by atoms with Gasteiger partial charge < -0.3 is 11.5 Å². The number of halogens is 1. The number of hydrogen-bond donors (Lipinski definition) is 2. The predicted molar refractivity (Wildman–Crippen MR) is 61.0 cm³/mol. The van der Waals surface area contributed by atoms with Crippen LogP contribution in [0.1, 0.15) is 23.4 Å². The lowest BCUT2D eigenvalue weighted by Gasteiger charge is -2.02. The van der Waals surface area contributed by atoms with Crippen LogP contribution in [0.25, 0.3) is 0 Å². The Bertz CT molecular complexity index is 309. The van der Waals surface area contributed by atoms with Crippen LogP contribution >= 0.6 is 27.3 Å². The number of hydrogen-bond acceptors (Lipinski definition) is 2. The minimum atomic E-state index is 0.0417. The van der Waals surface area contributed by atoms with Crippen molar-refractivity contribution in [1.82, 2.24) is 0 Å². The monoisotopic (exact) mass is 261 g/mol. The molecule has 0 aromatic carbocycles. The van der Waals surface area contributed by atoms with Gasteiger partial charge in [-0.15, -0.1) is 11.3 Å². The molecule has 1 unspecified atom stereocenters. The smallest absolute Gasteiger partial charge is 0.186 e. The van der Waals surface area contributed by atoms with E-state index in [1.54, 1.807) is 11.3 Å². The van der Waals surface area contributed by atoms with Crippen molar-refractivity contribution in [3.05, 3.63) is 20.3 Å². The van der Waals surface area contributed by atoms with Crippen LogP contribution in [-0.4, -0.2) is 5.96 Å². The Balaban J connectivity index is 2.89. The fraction of sp³-hybridized carbons (Fsp3) is 0.375. The first kappa shape index (κ1) is 10.5. The highest BCUT2D eigenvalue weighted by Crippen LogP contribution is 2.32. The zero-order valence-corrected chi connectivity index (χ0v) is 9.95. The fourth-order valence-electron chi connectivity index (χ4n) is 0.977. The molecule has 1 rings (SSSR count).